The normalized spacial score (nSPS) is 11.6. The lowest BCUT2D eigenvalue weighted by Gasteiger charge is -2.22. The summed E-state index contributed by atoms with van der Waals surface area (Å²) >= 11 is 0. The number of hydrogen-bond donors (Lipinski definition) is 2. The number of hydrogen-bond acceptors (Lipinski definition) is 3. The summed E-state index contributed by atoms with van der Waals surface area (Å²) in [5.41, 5.74) is 6.50. The number of amidine groups is 1. The molecule has 0 amide bonds. The molecule has 2 rings (SSSR count). The van der Waals surface area contributed by atoms with Gasteiger partial charge in [0.25, 0.3) is 0 Å². The van der Waals surface area contributed by atoms with E-state index in [0.717, 1.165) is 5.39 Å². The highest BCUT2D eigenvalue weighted by atomic mass is 19.4. The summed E-state index contributed by atoms with van der Waals surface area (Å²) in [4.78, 5) is 5.71. The number of nitrogens with two attached hydrogens (primary N) is 1. The largest absolute Gasteiger partial charge is 0.390 e. The van der Waals surface area contributed by atoms with Gasteiger partial charge in [-0.2, -0.15) is 13.2 Å². The van der Waals surface area contributed by atoms with Crippen molar-refractivity contribution >= 4 is 22.6 Å². The molecule has 2 aromatic rings. The molecule has 21 heavy (non-hydrogen) atoms. The van der Waals surface area contributed by atoms with Crippen LogP contribution in [0.3, 0.4) is 0 Å². The van der Waals surface area contributed by atoms with Crippen LogP contribution in [0.4, 0.5) is 19.0 Å². The molecule has 1 aromatic heterocycles. The first-order valence-corrected chi connectivity index (χ1v) is 6.30. The van der Waals surface area contributed by atoms with Gasteiger partial charge in [-0.05, 0) is 12.1 Å². The zero-order valence-electron chi connectivity index (χ0n) is 11.4. The molecular weight excluding hydrogens is 281 g/mol. The number of alkyl halides is 3. The molecule has 0 aliphatic carbocycles. The molecule has 1 aromatic carbocycles. The Bertz CT molecular complexity index is 667. The number of fused-ring (bicyclic) bond motifs is 1. The highest BCUT2D eigenvalue weighted by Crippen LogP contribution is 2.25. The number of pyridine rings is 1. The third kappa shape index (κ3) is 3.62. The zero-order valence-corrected chi connectivity index (χ0v) is 11.4. The van der Waals surface area contributed by atoms with E-state index in [0.29, 0.717) is 11.1 Å². The Morgan fingerprint density at radius 3 is 2.62 bits per heavy atom. The third-order valence-electron chi connectivity index (χ3n) is 3.09. The molecule has 7 heteroatoms. The third-order valence-corrected chi connectivity index (χ3v) is 3.09. The lowest BCUT2D eigenvalue weighted by Crippen LogP contribution is -2.27. The van der Waals surface area contributed by atoms with Crippen LogP contribution >= 0.6 is 0 Å². The Labute approximate surface area is 119 Å². The van der Waals surface area contributed by atoms with Crippen molar-refractivity contribution in [1.29, 1.82) is 5.41 Å². The van der Waals surface area contributed by atoms with Crippen molar-refractivity contribution in [3.63, 3.8) is 0 Å². The quantitative estimate of drug-likeness (QED) is 0.673. The van der Waals surface area contributed by atoms with Crippen molar-refractivity contribution in [2.24, 2.45) is 5.73 Å². The van der Waals surface area contributed by atoms with E-state index in [1.807, 2.05) is 12.1 Å². The molecule has 112 valence electrons. The van der Waals surface area contributed by atoms with E-state index >= 15 is 0 Å². The van der Waals surface area contributed by atoms with E-state index in [4.69, 9.17) is 11.1 Å². The van der Waals surface area contributed by atoms with Crippen LogP contribution < -0.4 is 10.6 Å². The number of nitrogen functional groups attached to an aromatic ring is 1. The lowest BCUT2D eigenvalue weighted by atomic mass is 10.1. The number of halogens is 3. The van der Waals surface area contributed by atoms with Crippen molar-refractivity contribution in [2.45, 2.75) is 12.6 Å². The smallest absolute Gasteiger partial charge is 0.384 e. The monoisotopic (exact) mass is 296 g/mol. The minimum absolute atomic E-state index is 0.220. The van der Waals surface area contributed by atoms with Gasteiger partial charge in [0.2, 0.25) is 0 Å². The molecule has 0 unspecified atom stereocenters. The molecule has 0 saturated heterocycles. The maximum atomic E-state index is 12.3. The topological polar surface area (TPSA) is 66.0 Å². The molecule has 0 aliphatic rings. The number of rotatable bonds is 4. The average molecular weight is 296 g/mol. The molecule has 0 saturated carbocycles. The fourth-order valence-corrected chi connectivity index (χ4v) is 2.00. The van der Waals surface area contributed by atoms with Crippen LogP contribution in [0.1, 0.15) is 12.0 Å². The van der Waals surface area contributed by atoms with Gasteiger partial charge >= 0.3 is 6.18 Å². The van der Waals surface area contributed by atoms with E-state index in [1.165, 1.54) is 11.9 Å². The summed E-state index contributed by atoms with van der Waals surface area (Å²) in [5, 5.41) is 8.38. The molecule has 4 nitrogen and oxygen atoms in total. The number of nitrogens with zero attached hydrogens (tertiary/aromatic N) is 2. The predicted octanol–water partition coefficient (Wildman–Crippen LogP) is 2.91. The summed E-state index contributed by atoms with van der Waals surface area (Å²) in [6.07, 6.45) is -5.18. The first-order chi connectivity index (χ1) is 9.78. The van der Waals surface area contributed by atoms with Crippen LogP contribution in [0.15, 0.2) is 30.3 Å². The van der Waals surface area contributed by atoms with Gasteiger partial charge in [0.15, 0.2) is 0 Å². The van der Waals surface area contributed by atoms with E-state index in [-0.39, 0.29) is 18.2 Å². The summed E-state index contributed by atoms with van der Waals surface area (Å²) < 4.78 is 37.0. The molecule has 0 spiro atoms. The summed E-state index contributed by atoms with van der Waals surface area (Å²) in [5.74, 6) is 0.0626. The van der Waals surface area contributed by atoms with E-state index in [1.54, 1.807) is 18.2 Å². The Kier molecular flexibility index (Phi) is 4.02. The Hall–Kier alpha value is -2.31. The highest BCUT2D eigenvalue weighted by Gasteiger charge is 2.28. The van der Waals surface area contributed by atoms with Crippen molar-refractivity contribution in [2.75, 3.05) is 18.5 Å². The SMILES string of the molecule is CN(CCC(F)(F)F)c1nc2ccccc2cc1C(=N)N. The van der Waals surface area contributed by atoms with Gasteiger partial charge < -0.3 is 10.6 Å². The van der Waals surface area contributed by atoms with Crippen LogP contribution in [0.25, 0.3) is 10.9 Å². The summed E-state index contributed by atoms with van der Waals surface area (Å²) in [6, 6.07) is 8.86. The number of aromatic nitrogens is 1. The van der Waals surface area contributed by atoms with E-state index in [2.05, 4.69) is 4.98 Å². The van der Waals surface area contributed by atoms with Gasteiger partial charge in [0.05, 0.1) is 17.5 Å². The number of para-hydroxylation sites is 1. The van der Waals surface area contributed by atoms with Crippen LogP contribution in [0.2, 0.25) is 0 Å². The fraction of sp³-hybridized carbons (Fsp3) is 0.286. The molecule has 3 N–H and O–H groups in total. The maximum Gasteiger partial charge on any atom is 0.390 e. The Morgan fingerprint density at radius 2 is 2.00 bits per heavy atom. The molecule has 0 bridgehead atoms. The zero-order chi connectivity index (χ0) is 15.6. The summed E-state index contributed by atoms with van der Waals surface area (Å²) in [6.45, 7) is -0.241. The van der Waals surface area contributed by atoms with E-state index < -0.39 is 12.6 Å². The van der Waals surface area contributed by atoms with Gasteiger partial charge in [-0.3, -0.25) is 5.41 Å². The van der Waals surface area contributed by atoms with Crippen molar-refractivity contribution < 1.29 is 13.2 Å². The molecule has 0 radical (unpaired) electrons. The number of anilines is 1. The van der Waals surface area contributed by atoms with Gasteiger partial charge in [-0.15, -0.1) is 0 Å². The molecule has 0 aliphatic heterocycles. The summed E-state index contributed by atoms with van der Waals surface area (Å²) in [7, 11) is 1.51. The Morgan fingerprint density at radius 1 is 1.33 bits per heavy atom. The molecular formula is C14H15F3N4. The van der Waals surface area contributed by atoms with E-state index in [9.17, 15) is 13.2 Å². The van der Waals surface area contributed by atoms with Crippen LogP contribution in [-0.2, 0) is 0 Å². The minimum Gasteiger partial charge on any atom is -0.384 e. The second-order valence-electron chi connectivity index (χ2n) is 4.75. The second kappa shape index (κ2) is 5.59. The van der Waals surface area contributed by atoms with Crippen molar-refractivity contribution in [3.8, 4) is 0 Å². The minimum atomic E-state index is -4.23. The predicted molar refractivity (Wildman–Crippen MR) is 76.7 cm³/mol. The van der Waals surface area contributed by atoms with Gasteiger partial charge in [-0.1, -0.05) is 18.2 Å². The van der Waals surface area contributed by atoms with Gasteiger partial charge in [-0.25, -0.2) is 4.98 Å². The van der Waals surface area contributed by atoms with Gasteiger partial charge in [0, 0.05) is 19.0 Å². The molecule has 0 fully saturated rings. The standard InChI is InChI=1S/C14H15F3N4/c1-21(7-6-14(15,16)17)13-10(12(18)19)8-9-4-2-3-5-11(9)20-13/h2-5,8H,6-7H2,1H3,(H3,18,19). The van der Waals surface area contributed by atoms with Crippen LogP contribution in [0.5, 0.6) is 0 Å². The van der Waals surface area contributed by atoms with Crippen molar-refractivity contribution in [3.05, 3.63) is 35.9 Å². The maximum absolute atomic E-state index is 12.3. The average Bonchev–Trinajstić information content (AvgIpc) is 2.42. The Balaban J connectivity index is 2.40. The number of benzene rings is 1. The van der Waals surface area contributed by atoms with Crippen LogP contribution in [0, 0.1) is 5.41 Å². The highest BCUT2D eigenvalue weighted by molar-refractivity contribution is 6.02. The lowest BCUT2D eigenvalue weighted by molar-refractivity contribution is -0.132. The molecule has 1 heterocycles. The molecule has 0 atom stereocenters. The first-order valence-electron chi connectivity index (χ1n) is 6.30. The number of nitrogens with one attached hydrogen (secondary N) is 1. The van der Waals surface area contributed by atoms with Gasteiger partial charge in [0.1, 0.15) is 11.7 Å². The van der Waals surface area contributed by atoms with Crippen LogP contribution in [-0.4, -0.2) is 30.6 Å². The van der Waals surface area contributed by atoms with Crippen molar-refractivity contribution in [1.82, 2.24) is 4.98 Å². The first kappa shape index (κ1) is 15.1. The fourth-order valence-electron chi connectivity index (χ4n) is 2.00. The second-order valence-corrected chi connectivity index (χ2v) is 4.75.